The van der Waals surface area contributed by atoms with Crippen molar-refractivity contribution in [3.8, 4) is 0 Å². The molecular formula is C8H9KNO4S+. The van der Waals surface area contributed by atoms with E-state index in [9.17, 15) is 13.2 Å². The van der Waals surface area contributed by atoms with E-state index < -0.39 is 21.3 Å². The first-order valence-corrected chi connectivity index (χ1v) is 5.24. The molecule has 0 aromatic heterocycles. The van der Waals surface area contributed by atoms with Gasteiger partial charge in [0.1, 0.15) is 0 Å². The summed E-state index contributed by atoms with van der Waals surface area (Å²) in [5, 5.41) is -1.91. The largest absolute Gasteiger partial charge is 1.00 e. The maximum absolute atomic E-state index is 11.3. The molecule has 0 radical (unpaired) electrons. The number of rotatable bonds is 3. The molecule has 0 amide bonds. The van der Waals surface area contributed by atoms with E-state index in [1.165, 1.54) is 12.1 Å². The number of hydrogen-bond donors (Lipinski definition) is 2. The molecule has 0 fully saturated rings. The second-order valence-electron chi connectivity index (χ2n) is 2.67. The Kier molecular flexibility index (Phi) is 6.37. The number of nitrogens with two attached hydrogens (primary N) is 1. The van der Waals surface area contributed by atoms with Crippen LogP contribution in [0.2, 0.25) is 0 Å². The predicted molar refractivity (Wildman–Crippen MR) is 50.3 cm³/mol. The Morgan fingerprint density at radius 3 is 2.13 bits per heavy atom. The fourth-order valence-corrected chi connectivity index (χ4v) is 1.31. The minimum absolute atomic E-state index is 0. The van der Waals surface area contributed by atoms with Crippen LogP contribution in [-0.2, 0) is 10.1 Å². The quantitative estimate of drug-likeness (QED) is 0.341. The number of carbonyl (C=O) groups excluding carboxylic acids is 1. The van der Waals surface area contributed by atoms with Crippen molar-refractivity contribution >= 4 is 15.9 Å². The van der Waals surface area contributed by atoms with E-state index >= 15 is 0 Å². The molecule has 0 aliphatic heterocycles. The average molecular weight is 254 g/mol. The van der Waals surface area contributed by atoms with E-state index in [1.54, 1.807) is 18.2 Å². The topological polar surface area (TPSA) is 97.5 Å². The van der Waals surface area contributed by atoms with Gasteiger partial charge in [-0.15, -0.1) is 0 Å². The monoisotopic (exact) mass is 254 g/mol. The number of hydrogen-bond acceptors (Lipinski definition) is 4. The standard InChI is InChI=1S/C8H9NO4S.K/c9-8(14(11,12)13)7(10)6-4-2-1-3-5-6;/h1-5,8H,9H2,(H,11,12,13);/q;+1. The molecule has 1 atom stereocenters. The van der Waals surface area contributed by atoms with Gasteiger partial charge in [-0.25, -0.2) is 0 Å². The SMILES string of the molecule is NC(C(=O)c1ccccc1)S(=O)(=O)O.[K+]. The Morgan fingerprint density at radius 1 is 1.27 bits per heavy atom. The molecule has 1 rings (SSSR count). The van der Waals surface area contributed by atoms with Gasteiger partial charge in [0.05, 0.1) is 0 Å². The molecular weight excluding hydrogens is 245 g/mol. The molecule has 1 aromatic rings. The number of benzene rings is 1. The van der Waals surface area contributed by atoms with E-state index in [2.05, 4.69) is 0 Å². The summed E-state index contributed by atoms with van der Waals surface area (Å²) >= 11 is 0. The number of carbonyl (C=O) groups is 1. The molecule has 1 unspecified atom stereocenters. The van der Waals surface area contributed by atoms with Gasteiger partial charge in [-0.2, -0.15) is 8.42 Å². The summed E-state index contributed by atoms with van der Waals surface area (Å²) in [6, 6.07) is 7.67. The summed E-state index contributed by atoms with van der Waals surface area (Å²) in [4.78, 5) is 11.3. The Balaban J connectivity index is 0.00000196. The fraction of sp³-hybridized carbons (Fsp3) is 0.125. The van der Waals surface area contributed by atoms with Gasteiger partial charge in [0, 0.05) is 5.56 Å². The number of Topliss-reactive ketones (excluding diaryl/α,β-unsaturated/α-hetero) is 1. The predicted octanol–water partition coefficient (Wildman–Crippen LogP) is -2.95. The smallest absolute Gasteiger partial charge is 0.307 e. The molecule has 5 nitrogen and oxygen atoms in total. The van der Waals surface area contributed by atoms with Crippen LogP contribution >= 0.6 is 0 Å². The maximum Gasteiger partial charge on any atom is 1.00 e. The van der Waals surface area contributed by atoms with Crippen LogP contribution < -0.4 is 57.1 Å². The van der Waals surface area contributed by atoms with Gasteiger partial charge in [0.15, 0.2) is 11.2 Å². The van der Waals surface area contributed by atoms with Crippen LogP contribution in [0.1, 0.15) is 10.4 Å². The molecule has 76 valence electrons. The van der Waals surface area contributed by atoms with Crippen molar-refractivity contribution in [2.45, 2.75) is 5.37 Å². The first-order chi connectivity index (χ1) is 6.43. The molecule has 0 aliphatic rings. The molecule has 15 heavy (non-hydrogen) atoms. The first kappa shape index (κ1) is 15.4. The second kappa shape index (κ2) is 6.21. The van der Waals surface area contributed by atoms with Gasteiger partial charge in [0.25, 0.3) is 10.1 Å². The molecule has 0 saturated heterocycles. The van der Waals surface area contributed by atoms with Gasteiger partial charge in [-0.1, -0.05) is 30.3 Å². The van der Waals surface area contributed by atoms with Crippen LogP contribution in [-0.4, -0.2) is 24.1 Å². The second-order valence-corrected chi connectivity index (χ2v) is 4.20. The van der Waals surface area contributed by atoms with Gasteiger partial charge >= 0.3 is 51.4 Å². The van der Waals surface area contributed by atoms with E-state index in [-0.39, 0.29) is 56.9 Å². The maximum atomic E-state index is 11.3. The van der Waals surface area contributed by atoms with Crippen molar-refractivity contribution in [3.63, 3.8) is 0 Å². The van der Waals surface area contributed by atoms with Crippen LogP contribution in [0, 0.1) is 0 Å². The van der Waals surface area contributed by atoms with Gasteiger partial charge in [-0.3, -0.25) is 9.35 Å². The van der Waals surface area contributed by atoms with Gasteiger partial charge in [-0.05, 0) is 0 Å². The summed E-state index contributed by atoms with van der Waals surface area (Å²) in [5.74, 6) is -0.826. The molecule has 7 heteroatoms. The van der Waals surface area contributed by atoms with Crippen LogP contribution in [0.3, 0.4) is 0 Å². The third kappa shape index (κ3) is 4.41. The van der Waals surface area contributed by atoms with Gasteiger partial charge < -0.3 is 5.73 Å². The zero-order valence-corrected chi connectivity index (χ0v) is 12.1. The summed E-state index contributed by atoms with van der Waals surface area (Å²) in [6.45, 7) is 0. The van der Waals surface area contributed by atoms with E-state index in [4.69, 9.17) is 10.3 Å². The van der Waals surface area contributed by atoms with Crippen molar-refractivity contribution < 1.29 is 69.1 Å². The molecule has 1 aromatic carbocycles. The molecule has 0 heterocycles. The zero-order chi connectivity index (χ0) is 10.8. The molecule has 0 spiro atoms. The zero-order valence-electron chi connectivity index (χ0n) is 8.12. The first-order valence-electron chi connectivity index (χ1n) is 3.74. The summed E-state index contributed by atoms with van der Waals surface area (Å²) in [7, 11) is -4.52. The van der Waals surface area contributed by atoms with Crippen molar-refractivity contribution in [2.24, 2.45) is 5.73 Å². The Hall–Kier alpha value is 0.396. The molecule has 3 N–H and O–H groups in total. The number of ketones is 1. The van der Waals surface area contributed by atoms with Crippen LogP contribution in [0.4, 0.5) is 0 Å². The molecule has 0 bridgehead atoms. The van der Waals surface area contributed by atoms with E-state index in [0.29, 0.717) is 0 Å². The normalized spacial score (nSPS) is 12.7. The Morgan fingerprint density at radius 2 is 1.73 bits per heavy atom. The third-order valence-corrected chi connectivity index (χ3v) is 2.49. The van der Waals surface area contributed by atoms with Crippen LogP contribution in [0.25, 0.3) is 0 Å². The van der Waals surface area contributed by atoms with Crippen LogP contribution in [0.15, 0.2) is 30.3 Å². The average Bonchev–Trinajstić information content (AvgIpc) is 2.15. The minimum atomic E-state index is -4.52. The Labute approximate surface area is 130 Å². The summed E-state index contributed by atoms with van der Waals surface area (Å²) in [6.07, 6.45) is 0. The third-order valence-electron chi connectivity index (χ3n) is 1.64. The summed E-state index contributed by atoms with van der Waals surface area (Å²) in [5.41, 5.74) is 5.19. The van der Waals surface area contributed by atoms with Crippen molar-refractivity contribution in [3.05, 3.63) is 35.9 Å². The molecule has 0 saturated carbocycles. The van der Waals surface area contributed by atoms with Crippen molar-refractivity contribution in [1.29, 1.82) is 0 Å². The van der Waals surface area contributed by atoms with E-state index in [0.717, 1.165) is 0 Å². The fourth-order valence-electron chi connectivity index (χ4n) is 0.902. The van der Waals surface area contributed by atoms with Crippen LogP contribution in [0.5, 0.6) is 0 Å². The van der Waals surface area contributed by atoms with Gasteiger partial charge in [0.2, 0.25) is 0 Å². The van der Waals surface area contributed by atoms with Crippen molar-refractivity contribution in [1.82, 2.24) is 0 Å². The van der Waals surface area contributed by atoms with E-state index in [1.807, 2.05) is 0 Å². The Bertz CT molecular complexity index is 431. The minimum Gasteiger partial charge on any atom is -0.307 e. The van der Waals surface area contributed by atoms with Crippen molar-refractivity contribution in [2.75, 3.05) is 0 Å². The molecule has 0 aliphatic carbocycles. The summed E-state index contributed by atoms with van der Waals surface area (Å²) < 4.78 is 29.7.